The summed E-state index contributed by atoms with van der Waals surface area (Å²) in [7, 11) is 2.15. The van der Waals surface area contributed by atoms with Gasteiger partial charge in [0.15, 0.2) is 0 Å². The van der Waals surface area contributed by atoms with E-state index in [1.54, 1.807) is 0 Å². The molecule has 0 amide bonds. The zero-order chi connectivity index (χ0) is 13.8. The summed E-state index contributed by atoms with van der Waals surface area (Å²) in [6.45, 7) is 10.6. The maximum Gasteiger partial charge on any atom is 0.0230 e. The molecule has 0 heterocycles. The van der Waals surface area contributed by atoms with Crippen LogP contribution in [0.25, 0.3) is 0 Å². The molecule has 0 spiro atoms. The van der Waals surface area contributed by atoms with Crippen molar-refractivity contribution in [2.24, 2.45) is 5.73 Å². The number of nitrogens with zero attached hydrogens (tertiary/aromatic N) is 1. The molecule has 2 heteroatoms. The molecule has 2 N–H and O–H groups in total. The fraction of sp³-hybridized carbons (Fsp3) is 0.625. The first-order valence-electron chi connectivity index (χ1n) is 6.84. The third-order valence-electron chi connectivity index (χ3n) is 3.24. The molecular weight excluding hydrogens is 220 g/mol. The van der Waals surface area contributed by atoms with E-state index in [-0.39, 0.29) is 5.54 Å². The topological polar surface area (TPSA) is 29.3 Å². The number of hydrogen-bond acceptors (Lipinski definition) is 2. The van der Waals surface area contributed by atoms with Gasteiger partial charge in [-0.05, 0) is 50.9 Å². The number of hydrogen-bond donors (Lipinski definition) is 1. The van der Waals surface area contributed by atoms with Gasteiger partial charge in [0, 0.05) is 12.1 Å². The Kier molecular flexibility index (Phi) is 5.36. The van der Waals surface area contributed by atoms with Crippen LogP contribution in [-0.2, 0) is 6.54 Å². The number of rotatable bonds is 6. The second-order valence-corrected chi connectivity index (χ2v) is 6.37. The number of nitrogens with two attached hydrogens (primary N) is 1. The second-order valence-electron chi connectivity index (χ2n) is 6.37. The highest BCUT2D eigenvalue weighted by Crippen LogP contribution is 2.15. The molecule has 0 saturated carbocycles. The maximum atomic E-state index is 6.00. The van der Waals surface area contributed by atoms with Crippen molar-refractivity contribution in [3.05, 3.63) is 35.4 Å². The van der Waals surface area contributed by atoms with Crippen LogP contribution in [0.5, 0.6) is 0 Å². The van der Waals surface area contributed by atoms with Crippen LogP contribution in [0.15, 0.2) is 24.3 Å². The minimum absolute atomic E-state index is 0.0737. The van der Waals surface area contributed by atoms with Gasteiger partial charge in [0.1, 0.15) is 0 Å². The van der Waals surface area contributed by atoms with E-state index < -0.39 is 0 Å². The maximum absolute atomic E-state index is 6.00. The van der Waals surface area contributed by atoms with E-state index >= 15 is 0 Å². The monoisotopic (exact) mass is 248 g/mol. The predicted octanol–water partition coefficient (Wildman–Crippen LogP) is 3.37. The smallest absolute Gasteiger partial charge is 0.0230 e. The van der Waals surface area contributed by atoms with Gasteiger partial charge in [-0.1, -0.05) is 38.1 Å². The SMILES string of the molecule is CC(C)c1ccc(CN(C)CCC(C)(C)N)cc1. The van der Waals surface area contributed by atoms with E-state index in [1.165, 1.54) is 11.1 Å². The molecule has 0 radical (unpaired) electrons. The van der Waals surface area contributed by atoms with Crippen LogP contribution < -0.4 is 5.73 Å². The summed E-state index contributed by atoms with van der Waals surface area (Å²) in [5, 5.41) is 0. The Hall–Kier alpha value is -0.860. The number of benzene rings is 1. The molecule has 18 heavy (non-hydrogen) atoms. The molecule has 1 rings (SSSR count). The first-order valence-corrected chi connectivity index (χ1v) is 6.84. The summed E-state index contributed by atoms with van der Waals surface area (Å²) in [5.41, 5.74) is 8.71. The molecule has 0 saturated heterocycles. The van der Waals surface area contributed by atoms with Crippen molar-refractivity contribution in [3.63, 3.8) is 0 Å². The van der Waals surface area contributed by atoms with Crippen LogP contribution in [0.2, 0.25) is 0 Å². The highest BCUT2D eigenvalue weighted by Gasteiger charge is 2.11. The van der Waals surface area contributed by atoms with Crippen LogP contribution in [0, 0.1) is 0 Å². The lowest BCUT2D eigenvalue weighted by Gasteiger charge is -2.23. The summed E-state index contributed by atoms with van der Waals surface area (Å²) < 4.78 is 0. The van der Waals surface area contributed by atoms with Crippen LogP contribution in [-0.4, -0.2) is 24.0 Å². The molecule has 0 unspecified atom stereocenters. The van der Waals surface area contributed by atoms with E-state index in [9.17, 15) is 0 Å². The lowest BCUT2D eigenvalue weighted by Crippen LogP contribution is -2.36. The summed E-state index contributed by atoms with van der Waals surface area (Å²) in [5.74, 6) is 0.606. The van der Waals surface area contributed by atoms with Gasteiger partial charge < -0.3 is 10.6 Å². The summed E-state index contributed by atoms with van der Waals surface area (Å²) in [6.07, 6.45) is 1.02. The Labute approximate surface area is 112 Å². The van der Waals surface area contributed by atoms with Crippen molar-refractivity contribution < 1.29 is 0 Å². The van der Waals surface area contributed by atoms with Crippen LogP contribution in [0.1, 0.15) is 51.2 Å². The highest BCUT2D eigenvalue weighted by molar-refractivity contribution is 5.24. The van der Waals surface area contributed by atoms with Crippen molar-refractivity contribution in [1.82, 2.24) is 4.90 Å². The summed E-state index contributed by atoms with van der Waals surface area (Å²) >= 11 is 0. The Morgan fingerprint density at radius 2 is 1.72 bits per heavy atom. The van der Waals surface area contributed by atoms with Gasteiger partial charge in [-0.2, -0.15) is 0 Å². The zero-order valence-electron chi connectivity index (χ0n) is 12.5. The minimum atomic E-state index is -0.0737. The summed E-state index contributed by atoms with van der Waals surface area (Å²) in [6, 6.07) is 8.94. The third kappa shape index (κ3) is 5.65. The van der Waals surface area contributed by atoms with E-state index in [0.29, 0.717) is 5.92 Å². The Morgan fingerprint density at radius 3 is 2.17 bits per heavy atom. The van der Waals surface area contributed by atoms with Crippen molar-refractivity contribution in [1.29, 1.82) is 0 Å². The van der Waals surface area contributed by atoms with Gasteiger partial charge in [0.25, 0.3) is 0 Å². The minimum Gasteiger partial charge on any atom is -0.326 e. The molecule has 102 valence electrons. The molecule has 0 aliphatic heterocycles. The van der Waals surface area contributed by atoms with Gasteiger partial charge in [-0.15, -0.1) is 0 Å². The third-order valence-corrected chi connectivity index (χ3v) is 3.24. The molecule has 0 aliphatic rings. The van der Waals surface area contributed by atoms with E-state index in [0.717, 1.165) is 19.5 Å². The van der Waals surface area contributed by atoms with Gasteiger partial charge in [0.05, 0.1) is 0 Å². The van der Waals surface area contributed by atoms with Crippen LogP contribution >= 0.6 is 0 Å². The van der Waals surface area contributed by atoms with Crippen molar-refractivity contribution in [2.45, 2.75) is 52.1 Å². The summed E-state index contributed by atoms with van der Waals surface area (Å²) in [4.78, 5) is 2.33. The van der Waals surface area contributed by atoms with Gasteiger partial charge in [0.2, 0.25) is 0 Å². The first-order chi connectivity index (χ1) is 8.28. The van der Waals surface area contributed by atoms with Crippen molar-refractivity contribution in [2.75, 3.05) is 13.6 Å². The quantitative estimate of drug-likeness (QED) is 0.836. The average Bonchev–Trinajstić information content (AvgIpc) is 2.26. The van der Waals surface area contributed by atoms with E-state index in [2.05, 4.69) is 63.9 Å². The molecule has 1 aromatic rings. The van der Waals surface area contributed by atoms with Gasteiger partial charge >= 0.3 is 0 Å². The average molecular weight is 248 g/mol. The second kappa shape index (κ2) is 6.35. The lowest BCUT2D eigenvalue weighted by molar-refractivity contribution is 0.289. The largest absolute Gasteiger partial charge is 0.326 e. The molecule has 0 aromatic heterocycles. The van der Waals surface area contributed by atoms with Crippen molar-refractivity contribution >= 4 is 0 Å². The molecular formula is C16H28N2. The molecule has 0 aliphatic carbocycles. The van der Waals surface area contributed by atoms with Crippen molar-refractivity contribution in [3.8, 4) is 0 Å². The molecule has 0 fully saturated rings. The Balaban J connectivity index is 2.47. The lowest BCUT2D eigenvalue weighted by atomic mass is 10.0. The van der Waals surface area contributed by atoms with E-state index in [4.69, 9.17) is 5.73 Å². The van der Waals surface area contributed by atoms with Crippen LogP contribution in [0.3, 0.4) is 0 Å². The molecule has 0 atom stereocenters. The standard InChI is InChI=1S/C16H28N2/c1-13(2)15-8-6-14(7-9-15)12-18(5)11-10-16(3,4)17/h6-9,13H,10-12,17H2,1-5H3. The molecule has 2 nitrogen and oxygen atoms in total. The van der Waals surface area contributed by atoms with Gasteiger partial charge in [-0.25, -0.2) is 0 Å². The fourth-order valence-electron chi connectivity index (χ4n) is 1.88. The van der Waals surface area contributed by atoms with Gasteiger partial charge in [-0.3, -0.25) is 0 Å². The fourth-order valence-corrected chi connectivity index (χ4v) is 1.88. The zero-order valence-corrected chi connectivity index (χ0v) is 12.5. The highest BCUT2D eigenvalue weighted by atomic mass is 15.1. The van der Waals surface area contributed by atoms with E-state index in [1.807, 2.05) is 0 Å². The van der Waals surface area contributed by atoms with Crippen LogP contribution in [0.4, 0.5) is 0 Å². The Bertz CT molecular complexity index is 346. The normalized spacial score (nSPS) is 12.4. The predicted molar refractivity (Wildman–Crippen MR) is 79.7 cm³/mol. The molecule has 0 bridgehead atoms. The molecule has 1 aromatic carbocycles. The Morgan fingerprint density at radius 1 is 1.17 bits per heavy atom. The first kappa shape index (κ1) is 15.2.